The van der Waals surface area contributed by atoms with Gasteiger partial charge >= 0.3 is 5.97 Å². The second-order valence-electron chi connectivity index (χ2n) is 9.65. The van der Waals surface area contributed by atoms with Crippen LogP contribution in [0.1, 0.15) is 50.7 Å². The van der Waals surface area contributed by atoms with Crippen molar-refractivity contribution >= 4 is 43.3 Å². The predicted molar refractivity (Wildman–Crippen MR) is 151 cm³/mol. The Kier molecular flexibility index (Phi) is 10.1. The molecule has 3 rings (SSSR count). The molecule has 216 valence electrons. The highest BCUT2D eigenvalue weighted by molar-refractivity contribution is 7.86. The number of fused-ring (bicyclic) bond motifs is 1. The number of nitrogens with two attached hydrogens (primary N) is 1. The fraction of sp³-hybridized carbons (Fsp3) is 0.357. The van der Waals surface area contributed by atoms with Crippen LogP contribution in [-0.2, 0) is 35.2 Å². The highest BCUT2D eigenvalue weighted by Gasteiger charge is 2.47. The van der Waals surface area contributed by atoms with Gasteiger partial charge in [-0.15, -0.1) is 0 Å². The third kappa shape index (κ3) is 7.87. The van der Waals surface area contributed by atoms with Gasteiger partial charge in [0, 0.05) is 36.2 Å². The van der Waals surface area contributed by atoms with Gasteiger partial charge in [0.1, 0.15) is 16.7 Å². The van der Waals surface area contributed by atoms with E-state index in [1.165, 1.54) is 18.2 Å². The van der Waals surface area contributed by atoms with Crippen LogP contribution in [0.15, 0.2) is 71.7 Å². The monoisotopic (exact) mass is 590 g/mol. The lowest BCUT2D eigenvalue weighted by Crippen LogP contribution is -2.32. The molecule has 0 amide bonds. The van der Waals surface area contributed by atoms with Crippen LogP contribution in [0.2, 0.25) is 0 Å². The summed E-state index contributed by atoms with van der Waals surface area (Å²) in [7, 11) is -8.96. The minimum atomic E-state index is -4.75. The molecule has 2 aromatic carbocycles. The zero-order valence-electron chi connectivity index (χ0n) is 22.4. The van der Waals surface area contributed by atoms with Crippen LogP contribution in [0, 0.1) is 0 Å². The molecule has 0 spiro atoms. The fourth-order valence-electron chi connectivity index (χ4n) is 4.89. The number of rotatable bonds is 13. The SMILES string of the molecule is CCOC(=O)CCCC1(C)C(C=CC=C(N)c2ccccc2)=[N+](CCCS(=O)(=O)O)c2ccc(S(=O)(=O)[O-])cc21. The van der Waals surface area contributed by atoms with Gasteiger partial charge in [0.25, 0.3) is 10.1 Å². The molecule has 1 unspecified atom stereocenters. The number of hydrogen-bond donors (Lipinski definition) is 2. The van der Waals surface area contributed by atoms with E-state index in [0.717, 1.165) is 5.56 Å². The molecule has 1 aliphatic heterocycles. The summed E-state index contributed by atoms with van der Waals surface area (Å²) in [5.74, 6) is -0.829. The van der Waals surface area contributed by atoms with Crippen molar-refractivity contribution in [2.24, 2.45) is 5.73 Å². The van der Waals surface area contributed by atoms with Crippen LogP contribution in [0.4, 0.5) is 5.69 Å². The zero-order chi connectivity index (χ0) is 29.6. The highest BCUT2D eigenvalue weighted by atomic mass is 32.2. The molecule has 10 nitrogen and oxygen atoms in total. The van der Waals surface area contributed by atoms with Gasteiger partial charge in [-0.3, -0.25) is 9.35 Å². The molecular weight excluding hydrogens is 556 g/mol. The van der Waals surface area contributed by atoms with Crippen molar-refractivity contribution in [3.05, 3.63) is 77.9 Å². The van der Waals surface area contributed by atoms with Crippen molar-refractivity contribution in [1.82, 2.24) is 0 Å². The number of carbonyl (C=O) groups is 1. The molecular formula is C28H34N2O8S2. The van der Waals surface area contributed by atoms with E-state index < -0.39 is 31.4 Å². The Morgan fingerprint density at radius 3 is 2.45 bits per heavy atom. The Labute approximate surface area is 235 Å². The number of carbonyl (C=O) groups excluding carboxylic acids is 1. The first-order valence-electron chi connectivity index (χ1n) is 12.8. The molecule has 3 N–H and O–H groups in total. The molecule has 40 heavy (non-hydrogen) atoms. The van der Waals surface area contributed by atoms with E-state index in [1.54, 1.807) is 25.2 Å². The van der Waals surface area contributed by atoms with Crippen molar-refractivity contribution < 1.29 is 40.0 Å². The van der Waals surface area contributed by atoms with E-state index in [9.17, 15) is 30.7 Å². The number of allylic oxidation sites excluding steroid dienone is 3. The molecule has 1 heterocycles. The second kappa shape index (κ2) is 12.9. The molecule has 12 heteroatoms. The van der Waals surface area contributed by atoms with Crippen LogP contribution in [0.3, 0.4) is 0 Å². The normalized spacial score (nSPS) is 17.9. The summed E-state index contributed by atoms with van der Waals surface area (Å²) in [5.41, 5.74) is 8.56. The van der Waals surface area contributed by atoms with Crippen molar-refractivity contribution in [2.45, 2.75) is 49.8 Å². The Morgan fingerprint density at radius 2 is 1.82 bits per heavy atom. The molecule has 2 aromatic rings. The summed E-state index contributed by atoms with van der Waals surface area (Å²) < 4.78 is 74.6. The molecule has 1 aliphatic rings. The summed E-state index contributed by atoms with van der Waals surface area (Å²) in [5, 5.41) is 0. The van der Waals surface area contributed by atoms with Gasteiger partial charge in [0.05, 0.1) is 22.7 Å². The molecule has 0 saturated carbocycles. The molecule has 0 saturated heterocycles. The lowest BCUT2D eigenvalue weighted by molar-refractivity contribution is -0.437. The smallest absolute Gasteiger partial charge is 0.305 e. The molecule has 0 aromatic heterocycles. The topological polar surface area (TPSA) is 167 Å². The van der Waals surface area contributed by atoms with Crippen molar-refractivity contribution in [2.75, 3.05) is 18.9 Å². The van der Waals surface area contributed by atoms with Crippen LogP contribution < -0.4 is 5.73 Å². The maximum absolute atomic E-state index is 12.0. The number of nitrogens with zero attached hydrogens (tertiary/aromatic N) is 1. The van der Waals surface area contributed by atoms with Crippen LogP contribution in [0.5, 0.6) is 0 Å². The largest absolute Gasteiger partial charge is 0.744 e. The average molecular weight is 591 g/mol. The third-order valence-electron chi connectivity index (χ3n) is 6.78. The van der Waals surface area contributed by atoms with E-state index in [1.807, 2.05) is 41.8 Å². The van der Waals surface area contributed by atoms with E-state index in [-0.39, 0.29) is 36.9 Å². The summed E-state index contributed by atoms with van der Waals surface area (Å²) >= 11 is 0. The highest BCUT2D eigenvalue weighted by Crippen LogP contribution is 2.44. The van der Waals surface area contributed by atoms with Gasteiger partial charge < -0.3 is 15.0 Å². The van der Waals surface area contributed by atoms with Gasteiger partial charge in [0.2, 0.25) is 5.69 Å². The zero-order valence-corrected chi connectivity index (χ0v) is 24.1. The number of hydrogen-bond acceptors (Lipinski definition) is 8. The summed E-state index contributed by atoms with van der Waals surface area (Å²) in [6.45, 7) is 4.03. The number of benzene rings is 2. The van der Waals surface area contributed by atoms with Gasteiger partial charge in [-0.1, -0.05) is 36.4 Å². The third-order valence-corrected chi connectivity index (χ3v) is 8.42. The molecule has 0 bridgehead atoms. The van der Waals surface area contributed by atoms with Gasteiger partial charge in [-0.2, -0.15) is 13.0 Å². The Hall–Kier alpha value is -3.32. The quantitative estimate of drug-likeness (QED) is 0.154. The first-order chi connectivity index (χ1) is 18.8. The van der Waals surface area contributed by atoms with Gasteiger partial charge in [-0.05, 0) is 50.5 Å². The Morgan fingerprint density at radius 1 is 1.12 bits per heavy atom. The minimum absolute atomic E-state index is 0.0815. The molecule has 1 atom stereocenters. The number of ether oxygens (including phenoxy) is 1. The first-order valence-corrected chi connectivity index (χ1v) is 15.8. The maximum Gasteiger partial charge on any atom is 0.305 e. The summed E-state index contributed by atoms with van der Waals surface area (Å²) in [6, 6.07) is 13.4. The second-order valence-corrected chi connectivity index (χ2v) is 12.6. The predicted octanol–water partition coefficient (Wildman–Crippen LogP) is 3.51. The van der Waals surface area contributed by atoms with Crippen molar-refractivity contribution in [3.8, 4) is 0 Å². The van der Waals surface area contributed by atoms with Crippen LogP contribution in [0.25, 0.3) is 5.70 Å². The fourth-order valence-corrected chi connectivity index (χ4v) is 5.88. The average Bonchev–Trinajstić information content (AvgIpc) is 3.10. The standard InChI is InChI=1S/C28H34N2O8S2/c1-3-38-27(31)14-8-17-28(2)23-20-22(40(35,36)37)15-16-25(23)30(18-9-19-39(32,33)34)26(28)13-7-12-24(29)21-10-5-4-6-11-21/h4-7,10-13,15-16,20,29H,3,8-9,14,17-19H2,1-2H3,(H2,32,33,34,35,36,37). The molecule has 0 fully saturated rings. The van der Waals surface area contributed by atoms with Crippen molar-refractivity contribution in [3.63, 3.8) is 0 Å². The van der Waals surface area contributed by atoms with E-state index in [0.29, 0.717) is 35.5 Å². The Bertz CT molecular complexity index is 1550. The lowest BCUT2D eigenvalue weighted by Gasteiger charge is -2.23. The van der Waals surface area contributed by atoms with E-state index in [4.69, 9.17) is 10.5 Å². The maximum atomic E-state index is 12.0. The first kappa shape index (κ1) is 31.2. The minimum Gasteiger partial charge on any atom is -0.744 e. The van der Waals surface area contributed by atoms with Crippen molar-refractivity contribution in [1.29, 1.82) is 0 Å². The summed E-state index contributed by atoms with van der Waals surface area (Å²) in [6.07, 6.45) is 6.29. The van der Waals surface area contributed by atoms with E-state index in [2.05, 4.69) is 0 Å². The van der Waals surface area contributed by atoms with Crippen LogP contribution >= 0.6 is 0 Å². The van der Waals surface area contributed by atoms with E-state index >= 15 is 0 Å². The van der Waals surface area contributed by atoms with Gasteiger partial charge in [-0.25, -0.2) is 8.42 Å². The van der Waals surface area contributed by atoms with Crippen LogP contribution in [-0.4, -0.2) is 61.1 Å². The number of esters is 1. The summed E-state index contributed by atoms with van der Waals surface area (Å²) in [4.78, 5) is 11.6. The lowest BCUT2D eigenvalue weighted by atomic mass is 9.75. The molecule has 0 aliphatic carbocycles. The Balaban J connectivity index is 2.11. The van der Waals surface area contributed by atoms with Gasteiger partial charge in [0.15, 0.2) is 5.71 Å². The molecule has 0 radical (unpaired) electrons.